The smallest absolute Gasteiger partial charge is 0.188 e. The molecule has 26 heavy (non-hydrogen) atoms. The van der Waals surface area contributed by atoms with Crippen LogP contribution < -0.4 is 5.73 Å². The number of halogens is 3. The van der Waals surface area contributed by atoms with E-state index in [1.807, 2.05) is 0 Å². The third kappa shape index (κ3) is 3.20. The minimum atomic E-state index is -0.165. The first-order chi connectivity index (χ1) is 12.4. The predicted octanol–water partition coefficient (Wildman–Crippen LogP) is 4.87. The van der Waals surface area contributed by atoms with Crippen LogP contribution in [0.4, 0.5) is 5.82 Å². The molecule has 0 unspecified atom stereocenters. The fraction of sp³-hybridized carbons (Fsp3) is 0.333. The van der Waals surface area contributed by atoms with Gasteiger partial charge in [0.15, 0.2) is 17.4 Å². The molecule has 5 nitrogen and oxygen atoms in total. The van der Waals surface area contributed by atoms with E-state index in [0.717, 1.165) is 25.7 Å². The third-order valence-electron chi connectivity index (χ3n) is 4.53. The highest BCUT2D eigenvalue weighted by Gasteiger charge is 2.37. The first-order valence-corrected chi connectivity index (χ1v) is 9.41. The molecule has 0 atom stereocenters. The summed E-state index contributed by atoms with van der Waals surface area (Å²) in [6.45, 7) is 0. The van der Waals surface area contributed by atoms with Crippen LogP contribution >= 0.6 is 34.8 Å². The molecule has 0 spiro atoms. The Morgan fingerprint density at radius 2 is 1.50 bits per heavy atom. The van der Waals surface area contributed by atoms with E-state index in [0.29, 0.717) is 10.6 Å². The molecule has 0 saturated heterocycles. The average molecular weight is 411 g/mol. The van der Waals surface area contributed by atoms with E-state index in [1.165, 1.54) is 6.07 Å². The number of ketones is 2. The fourth-order valence-electron chi connectivity index (χ4n) is 2.80. The van der Waals surface area contributed by atoms with E-state index in [4.69, 9.17) is 40.5 Å². The number of nitrogen functional groups attached to an aromatic ring is 1. The molecule has 1 aromatic heterocycles. The number of hydrogen-bond acceptors (Lipinski definition) is 5. The molecule has 2 N–H and O–H groups in total. The Morgan fingerprint density at radius 3 is 2.08 bits per heavy atom. The zero-order valence-electron chi connectivity index (χ0n) is 13.6. The van der Waals surface area contributed by atoms with Crippen LogP contribution in [-0.4, -0.2) is 21.5 Å². The molecule has 2 aliphatic carbocycles. The summed E-state index contributed by atoms with van der Waals surface area (Å²) in [7, 11) is 0. The van der Waals surface area contributed by atoms with Crippen LogP contribution in [0.5, 0.6) is 0 Å². The second kappa shape index (κ2) is 6.48. The van der Waals surface area contributed by atoms with Crippen molar-refractivity contribution in [3.05, 3.63) is 38.6 Å². The summed E-state index contributed by atoms with van der Waals surface area (Å²) in [5.74, 6) is -0.531. The molecule has 1 aromatic carbocycles. The standard InChI is InChI=1S/C18H14Cl3N3O2/c19-9-5-10(12(21)11(20)6-9)13-14(16(25)7-1-2-7)23-15(18(22)24-13)17(26)8-3-4-8/h5-8H,1-4H2,(H2,22,24). The summed E-state index contributed by atoms with van der Waals surface area (Å²) in [6, 6.07) is 3.06. The number of Topliss-reactive ketones (excluding diaryl/α,β-unsaturated/α-hetero) is 2. The zero-order chi connectivity index (χ0) is 18.6. The highest BCUT2D eigenvalue weighted by Crippen LogP contribution is 2.41. The van der Waals surface area contributed by atoms with E-state index >= 15 is 0 Å². The Kier molecular flexibility index (Phi) is 4.41. The number of rotatable bonds is 5. The van der Waals surface area contributed by atoms with Gasteiger partial charge in [-0.25, -0.2) is 9.97 Å². The van der Waals surface area contributed by atoms with Crippen LogP contribution in [0.1, 0.15) is 46.7 Å². The molecule has 0 amide bonds. The second-order valence-corrected chi connectivity index (χ2v) is 7.90. The minimum absolute atomic E-state index is 0.0172. The van der Waals surface area contributed by atoms with E-state index in [9.17, 15) is 9.59 Å². The van der Waals surface area contributed by atoms with Crippen molar-refractivity contribution in [2.24, 2.45) is 11.8 Å². The van der Waals surface area contributed by atoms with Crippen molar-refractivity contribution in [1.29, 1.82) is 0 Å². The number of aromatic nitrogens is 2. The van der Waals surface area contributed by atoms with Crippen molar-refractivity contribution in [3.8, 4) is 11.3 Å². The number of hydrogen-bond donors (Lipinski definition) is 1. The van der Waals surface area contributed by atoms with Gasteiger partial charge in [-0.3, -0.25) is 9.59 Å². The normalized spacial score (nSPS) is 16.6. The zero-order valence-corrected chi connectivity index (χ0v) is 15.8. The third-order valence-corrected chi connectivity index (χ3v) is 5.55. The summed E-state index contributed by atoms with van der Waals surface area (Å²) >= 11 is 18.5. The van der Waals surface area contributed by atoms with Crippen molar-refractivity contribution in [1.82, 2.24) is 9.97 Å². The van der Waals surface area contributed by atoms with Crippen LogP contribution in [0.2, 0.25) is 15.1 Å². The molecular weight excluding hydrogens is 397 g/mol. The van der Waals surface area contributed by atoms with E-state index in [-0.39, 0.29) is 56.3 Å². The van der Waals surface area contributed by atoms with E-state index < -0.39 is 0 Å². The lowest BCUT2D eigenvalue weighted by Gasteiger charge is -2.13. The lowest BCUT2D eigenvalue weighted by Crippen LogP contribution is -2.17. The second-order valence-electron chi connectivity index (χ2n) is 6.68. The lowest BCUT2D eigenvalue weighted by atomic mass is 10.0. The maximum atomic E-state index is 12.8. The van der Waals surface area contributed by atoms with Gasteiger partial charge in [0.05, 0.1) is 10.0 Å². The molecular formula is C18H14Cl3N3O2. The summed E-state index contributed by atoms with van der Waals surface area (Å²) in [6.07, 6.45) is 3.20. The summed E-state index contributed by atoms with van der Waals surface area (Å²) in [4.78, 5) is 33.9. The van der Waals surface area contributed by atoms with Gasteiger partial charge >= 0.3 is 0 Å². The first kappa shape index (κ1) is 17.7. The minimum Gasteiger partial charge on any atom is -0.382 e. The molecule has 0 aliphatic heterocycles. The summed E-state index contributed by atoms with van der Waals surface area (Å²) in [5.41, 5.74) is 6.74. The first-order valence-electron chi connectivity index (χ1n) is 8.27. The van der Waals surface area contributed by atoms with Crippen molar-refractivity contribution in [2.75, 3.05) is 5.73 Å². The highest BCUT2D eigenvalue weighted by atomic mass is 35.5. The van der Waals surface area contributed by atoms with Crippen molar-refractivity contribution in [3.63, 3.8) is 0 Å². The average Bonchev–Trinajstić information content (AvgIpc) is 3.48. The van der Waals surface area contributed by atoms with Crippen LogP contribution in [0.3, 0.4) is 0 Å². The number of nitrogens with two attached hydrogens (primary N) is 1. The molecule has 2 fully saturated rings. The van der Waals surface area contributed by atoms with Crippen LogP contribution in [-0.2, 0) is 0 Å². The molecule has 0 radical (unpaired) electrons. The lowest BCUT2D eigenvalue weighted by molar-refractivity contribution is 0.0959. The van der Waals surface area contributed by atoms with Gasteiger partial charge in [0.1, 0.15) is 17.1 Å². The van der Waals surface area contributed by atoms with Crippen molar-refractivity contribution >= 4 is 52.2 Å². The largest absolute Gasteiger partial charge is 0.382 e. The monoisotopic (exact) mass is 409 g/mol. The predicted molar refractivity (Wildman–Crippen MR) is 101 cm³/mol. The maximum Gasteiger partial charge on any atom is 0.188 e. The number of carbonyl (C=O) groups is 2. The number of carbonyl (C=O) groups excluding carboxylic acids is 2. The summed E-state index contributed by atoms with van der Waals surface area (Å²) < 4.78 is 0. The van der Waals surface area contributed by atoms with E-state index in [1.54, 1.807) is 6.07 Å². The van der Waals surface area contributed by atoms with Gasteiger partial charge in [-0.2, -0.15) is 0 Å². The Bertz CT molecular complexity index is 953. The van der Waals surface area contributed by atoms with Gasteiger partial charge in [-0.05, 0) is 37.8 Å². The molecule has 1 heterocycles. The van der Waals surface area contributed by atoms with Crippen molar-refractivity contribution in [2.45, 2.75) is 25.7 Å². The maximum absolute atomic E-state index is 12.8. The Hall–Kier alpha value is -1.69. The number of nitrogens with zero attached hydrogens (tertiary/aromatic N) is 2. The molecule has 0 bridgehead atoms. The Labute approximate surface area is 164 Å². The number of anilines is 1. The summed E-state index contributed by atoms with van der Waals surface area (Å²) in [5, 5.41) is 0.783. The van der Waals surface area contributed by atoms with Gasteiger partial charge in [0, 0.05) is 22.4 Å². The highest BCUT2D eigenvalue weighted by molar-refractivity contribution is 6.45. The molecule has 4 rings (SSSR count). The SMILES string of the molecule is Nc1nc(-c2cc(Cl)cc(Cl)c2Cl)c(C(=O)C2CC2)nc1C(=O)C1CC1. The van der Waals surface area contributed by atoms with Crippen LogP contribution in [0, 0.1) is 11.8 Å². The number of benzene rings is 1. The molecule has 134 valence electrons. The van der Waals surface area contributed by atoms with Crippen LogP contribution in [0.15, 0.2) is 12.1 Å². The van der Waals surface area contributed by atoms with Crippen LogP contribution in [0.25, 0.3) is 11.3 Å². The van der Waals surface area contributed by atoms with Crippen molar-refractivity contribution < 1.29 is 9.59 Å². The topological polar surface area (TPSA) is 85.9 Å². The van der Waals surface area contributed by atoms with Gasteiger partial charge in [0.25, 0.3) is 0 Å². The molecule has 2 aromatic rings. The van der Waals surface area contributed by atoms with Gasteiger partial charge in [-0.15, -0.1) is 0 Å². The fourth-order valence-corrected chi connectivity index (χ4v) is 3.49. The molecule has 2 saturated carbocycles. The molecule has 2 aliphatic rings. The van der Waals surface area contributed by atoms with E-state index in [2.05, 4.69) is 9.97 Å². The molecule has 8 heteroatoms. The Morgan fingerprint density at radius 1 is 0.923 bits per heavy atom. The van der Waals surface area contributed by atoms with Gasteiger partial charge in [-0.1, -0.05) is 34.8 Å². The Balaban J connectivity index is 1.92. The van der Waals surface area contributed by atoms with Gasteiger partial charge < -0.3 is 5.73 Å². The quantitative estimate of drug-likeness (QED) is 0.561. The van der Waals surface area contributed by atoms with Gasteiger partial charge in [0.2, 0.25) is 0 Å².